The fourth-order valence-corrected chi connectivity index (χ4v) is 1.74. The molecule has 1 aromatic rings. The van der Waals surface area contributed by atoms with Gasteiger partial charge in [0, 0.05) is 6.04 Å². The van der Waals surface area contributed by atoms with Crippen LogP contribution >= 0.6 is 0 Å². The van der Waals surface area contributed by atoms with Crippen molar-refractivity contribution in [2.24, 2.45) is 0 Å². The van der Waals surface area contributed by atoms with Crippen LogP contribution in [0.3, 0.4) is 0 Å². The van der Waals surface area contributed by atoms with E-state index in [1.807, 2.05) is 26.0 Å². The summed E-state index contributed by atoms with van der Waals surface area (Å²) >= 11 is 0. The molecule has 0 aliphatic carbocycles. The van der Waals surface area contributed by atoms with Crippen molar-refractivity contribution in [1.29, 1.82) is 0 Å². The van der Waals surface area contributed by atoms with Gasteiger partial charge in [0.1, 0.15) is 0 Å². The van der Waals surface area contributed by atoms with Gasteiger partial charge in [-0.3, -0.25) is 10.1 Å². The third kappa shape index (κ3) is 6.50. The number of urea groups is 1. The van der Waals surface area contributed by atoms with E-state index < -0.39 is 24.5 Å². The van der Waals surface area contributed by atoms with Crippen LogP contribution in [-0.4, -0.2) is 30.6 Å². The largest absolute Gasteiger partial charge is 0.452 e. The quantitative estimate of drug-likeness (QED) is 0.789. The molecular formula is C17H24N2O4. The third-order valence-corrected chi connectivity index (χ3v) is 3.39. The summed E-state index contributed by atoms with van der Waals surface area (Å²) in [5, 5.41) is 4.70. The van der Waals surface area contributed by atoms with E-state index in [1.54, 1.807) is 12.1 Å². The lowest BCUT2D eigenvalue weighted by molar-refractivity contribution is -0.123. The summed E-state index contributed by atoms with van der Waals surface area (Å²) in [7, 11) is 0. The zero-order valence-corrected chi connectivity index (χ0v) is 14.0. The minimum atomic E-state index is -0.669. The van der Waals surface area contributed by atoms with E-state index in [1.165, 1.54) is 0 Å². The summed E-state index contributed by atoms with van der Waals surface area (Å²) in [5.41, 5.74) is 1.48. The molecule has 1 rings (SSSR count). The van der Waals surface area contributed by atoms with Crippen molar-refractivity contribution in [2.45, 2.75) is 46.1 Å². The fraction of sp³-hybridized carbons (Fsp3) is 0.471. The molecule has 6 heteroatoms. The van der Waals surface area contributed by atoms with Crippen molar-refractivity contribution in [2.75, 3.05) is 6.61 Å². The lowest BCUT2D eigenvalue weighted by Gasteiger charge is -2.12. The summed E-state index contributed by atoms with van der Waals surface area (Å²) in [6.07, 6.45) is 0.753. The molecule has 0 aliphatic rings. The first-order chi connectivity index (χ1) is 10.8. The molecule has 3 amide bonds. The van der Waals surface area contributed by atoms with Gasteiger partial charge in [0.05, 0.1) is 5.56 Å². The lowest BCUT2D eigenvalue weighted by atomic mass is 10.0. The van der Waals surface area contributed by atoms with Crippen molar-refractivity contribution in [1.82, 2.24) is 10.6 Å². The number of ether oxygens (including phenoxy) is 1. The van der Waals surface area contributed by atoms with Crippen molar-refractivity contribution in [3.8, 4) is 0 Å². The van der Waals surface area contributed by atoms with Gasteiger partial charge in [-0.1, -0.05) is 32.9 Å². The number of rotatable bonds is 6. The predicted octanol–water partition coefficient (Wildman–Crippen LogP) is 2.59. The molecule has 0 aliphatic heterocycles. The maximum atomic E-state index is 11.8. The van der Waals surface area contributed by atoms with Crippen LogP contribution in [0.5, 0.6) is 0 Å². The van der Waals surface area contributed by atoms with Gasteiger partial charge in [0.15, 0.2) is 6.61 Å². The van der Waals surface area contributed by atoms with Crippen LogP contribution in [0.4, 0.5) is 4.79 Å². The van der Waals surface area contributed by atoms with Crippen molar-refractivity contribution in [3.05, 3.63) is 35.4 Å². The summed E-state index contributed by atoms with van der Waals surface area (Å²) in [4.78, 5) is 34.8. The Morgan fingerprint density at radius 3 is 2.22 bits per heavy atom. The molecule has 0 saturated carbocycles. The Kier molecular flexibility index (Phi) is 7.25. The van der Waals surface area contributed by atoms with Crippen LogP contribution in [-0.2, 0) is 9.53 Å². The zero-order valence-electron chi connectivity index (χ0n) is 14.0. The smallest absolute Gasteiger partial charge is 0.338 e. The highest BCUT2D eigenvalue weighted by Crippen LogP contribution is 2.15. The predicted molar refractivity (Wildman–Crippen MR) is 87.2 cm³/mol. The normalized spacial score (nSPS) is 11.7. The van der Waals surface area contributed by atoms with E-state index in [0.717, 1.165) is 12.0 Å². The van der Waals surface area contributed by atoms with Gasteiger partial charge >= 0.3 is 12.0 Å². The molecule has 6 nitrogen and oxygen atoms in total. The van der Waals surface area contributed by atoms with Crippen LogP contribution in [0.1, 0.15) is 56.0 Å². The number of hydrogen-bond donors (Lipinski definition) is 2. The Balaban J connectivity index is 2.43. The molecule has 0 spiro atoms. The molecule has 23 heavy (non-hydrogen) atoms. The molecule has 0 heterocycles. The number of benzene rings is 1. The second-order valence-corrected chi connectivity index (χ2v) is 5.68. The molecule has 0 unspecified atom stereocenters. The molecule has 126 valence electrons. The minimum absolute atomic E-state index is 0.0372. The van der Waals surface area contributed by atoms with Gasteiger partial charge in [-0.25, -0.2) is 9.59 Å². The van der Waals surface area contributed by atoms with E-state index in [2.05, 4.69) is 24.5 Å². The molecule has 1 aromatic carbocycles. The summed E-state index contributed by atoms with van der Waals surface area (Å²) < 4.78 is 4.89. The number of carbonyl (C=O) groups excluding carboxylic acids is 3. The summed E-state index contributed by atoms with van der Waals surface area (Å²) in [5.74, 6) is -0.898. The van der Waals surface area contributed by atoms with Gasteiger partial charge in [-0.15, -0.1) is 0 Å². The summed E-state index contributed by atoms with van der Waals surface area (Å²) in [6, 6.07) is 6.38. The van der Waals surface area contributed by atoms with Crippen molar-refractivity contribution < 1.29 is 19.1 Å². The van der Waals surface area contributed by atoms with Gasteiger partial charge in [-0.05, 0) is 37.0 Å². The average molecular weight is 320 g/mol. The number of carbonyl (C=O) groups is 3. The van der Waals surface area contributed by atoms with Gasteiger partial charge < -0.3 is 10.1 Å². The molecule has 0 aromatic heterocycles. The second-order valence-electron chi connectivity index (χ2n) is 5.68. The number of hydrogen-bond acceptors (Lipinski definition) is 4. The summed E-state index contributed by atoms with van der Waals surface area (Å²) in [6.45, 7) is 7.35. The van der Waals surface area contributed by atoms with Crippen LogP contribution in [0, 0.1) is 0 Å². The van der Waals surface area contributed by atoms with Crippen molar-refractivity contribution in [3.63, 3.8) is 0 Å². The SMILES string of the molecule is CC[C@H](C)NC(=O)NC(=O)COC(=O)c1ccc(C(C)C)cc1. The Labute approximate surface area is 136 Å². The molecule has 0 radical (unpaired) electrons. The average Bonchev–Trinajstić information content (AvgIpc) is 2.52. The molecule has 1 atom stereocenters. The number of nitrogens with one attached hydrogen (secondary N) is 2. The number of esters is 1. The van der Waals surface area contributed by atoms with E-state index in [9.17, 15) is 14.4 Å². The Hall–Kier alpha value is -2.37. The van der Waals surface area contributed by atoms with E-state index in [4.69, 9.17) is 4.74 Å². The van der Waals surface area contributed by atoms with Crippen LogP contribution in [0.25, 0.3) is 0 Å². The molecule has 0 fully saturated rings. The second kappa shape index (κ2) is 8.92. The number of amides is 3. The number of imide groups is 1. The van der Waals surface area contributed by atoms with E-state index >= 15 is 0 Å². The highest BCUT2D eigenvalue weighted by atomic mass is 16.5. The van der Waals surface area contributed by atoms with Gasteiger partial charge in [-0.2, -0.15) is 0 Å². The minimum Gasteiger partial charge on any atom is -0.452 e. The standard InChI is InChI=1S/C17H24N2O4/c1-5-12(4)18-17(22)19-15(20)10-23-16(21)14-8-6-13(7-9-14)11(2)3/h6-9,11-12H,5,10H2,1-4H3,(H2,18,19,20,22)/t12-/m0/s1. The van der Waals surface area contributed by atoms with Crippen LogP contribution in [0.15, 0.2) is 24.3 Å². The maximum Gasteiger partial charge on any atom is 0.338 e. The first-order valence-corrected chi connectivity index (χ1v) is 7.70. The Bertz CT molecular complexity index is 552. The van der Waals surface area contributed by atoms with Crippen LogP contribution < -0.4 is 10.6 Å². The lowest BCUT2D eigenvalue weighted by Crippen LogP contribution is -2.44. The van der Waals surface area contributed by atoms with E-state index in [0.29, 0.717) is 11.5 Å². The molecular weight excluding hydrogens is 296 g/mol. The highest BCUT2D eigenvalue weighted by Gasteiger charge is 2.13. The van der Waals surface area contributed by atoms with E-state index in [-0.39, 0.29) is 6.04 Å². The fourth-order valence-electron chi connectivity index (χ4n) is 1.74. The zero-order chi connectivity index (χ0) is 17.4. The van der Waals surface area contributed by atoms with Gasteiger partial charge in [0.2, 0.25) is 0 Å². The maximum absolute atomic E-state index is 11.8. The molecule has 0 bridgehead atoms. The third-order valence-electron chi connectivity index (χ3n) is 3.39. The topological polar surface area (TPSA) is 84.5 Å². The first-order valence-electron chi connectivity index (χ1n) is 7.70. The highest BCUT2D eigenvalue weighted by molar-refractivity contribution is 5.97. The van der Waals surface area contributed by atoms with Crippen LogP contribution in [0.2, 0.25) is 0 Å². The molecule has 0 saturated heterocycles. The Morgan fingerprint density at radius 1 is 1.09 bits per heavy atom. The van der Waals surface area contributed by atoms with Gasteiger partial charge in [0.25, 0.3) is 5.91 Å². The molecule has 2 N–H and O–H groups in total. The first kappa shape index (κ1) is 18.7. The monoisotopic (exact) mass is 320 g/mol. The van der Waals surface area contributed by atoms with Crippen molar-refractivity contribution >= 4 is 17.9 Å². The Morgan fingerprint density at radius 2 is 1.70 bits per heavy atom.